The van der Waals surface area contributed by atoms with Crippen LogP contribution in [0.4, 0.5) is 52.8 Å². The molecule has 4 atom stereocenters. The number of nitrogens with zero attached hydrogens (tertiary/aromatic N) is 4. The van der Waals surface area contributed by atoms with Gasteiger partial charge in [-0.2, -0.15) is 0 Å². The molecule has 20 heteroatoms. The summed E-state index contributed by atoms with van der Waals surface area (Å²) in [6, 6.07) is 6.61. The van der Waals surface area contributed by atoms with Crippen molar-refractivity contribution in [1.82, 2.24) is 19.9 Å². The topological polar surface area (TPSA) is 241 Å². The van der Waals surface area contributed by atoms with Crippen molar-refractivity contribution in [2.75, 3.05) is 85.5 Å². The summed E-state index contributed by atoms with van der Waals surface area (Å²) in [4.78, 5) is 41.6. The maximum atomic E-state index is 15.3. The Hall–Kier alpha value is -7.32. The van der Waals surface area contributed by atoms with Crippen LogP contribution in [0.25, 0.3) is 43.8 Å². The van der Waals surface area contributed by atoms with Crippen LogP contribution >= 0.6 is 0 Å². The van der Waals surface area contributed by atoms with Crippen LogP contribution in [0.1, 0.15) is 25.0 Å². The number of pyridine rings is 4. The van der Waals surface area contributed by atoms with Gasteiger partial charge < -0.3 is 50.5 Å². The summed E-state index contributed by atoms with van der Waals surface area (Å²) in [5.41, 5.74) is 17.1. The number of ether oxygens (including phenoxy) is 6. The predicted octanol–water partition coefficient (Wildman–Crippen LogP) is 7.43. The summed E-state index contributed by atoms with van der Waals surface area (Å²) in [6.07, 6.45) is 4.16. The Labute approximate surface area is 377 Å². The molecule has 2 saturated heterocycles. The Kier molecular flexibility index (Phi) is 12.2. The van der Waals surface area contributed by atoms with E-state index < -0.39 is 23.8 Å². The highest BCUT2D eigenvalue weighted by molar-refractivity contribution is 6.01. The lowest BCUT2D eigenvalue weighted by molar-refractivity contribution is 0.0839. The van der Waals surface area contributed by atoms with Gasteiger partial charge >= 0.3 is 12.2 Å². The molecule has 0 spiro atoms. The molecule has 4 aliphatic rings. The van der Waals surface area contributed by atoms with E-state index in [0.29, 0.717) is 108 Å². The molecule has 2 fully saturated rings. The van der Waals surface area contributed by atoms with Gasteiger partial charge in [-0.25, -0.2) is 38.3 Å². The fraction of sp³-hybridized carbons (Fsp3) is 0.348. The van der Waals surface area contributed by atoms with Crippen molar-refractivity contribution in [3.63, 3.8) is 0 Å². The molecule has 0 aliphatic carbocycles. The van der Waals surface area contributed by atoms with E-state index in [-0.39, 0.29) is 47.1 Å². The molecule has 0 radical (unpaired) electrons. The number of anilines is 6. The third-order valence-electron chi connectivity index (χ3n) is 12.0. The van der Waals surface area contributed by atoms with Crippen LogP contribution in [0.5, 0.6) is 11.8 Å². The first-order valence-corrected chi connectivity index (χ1v) is 21.4. The van der Waals surface area contributed by atoms with Crippen molar-refractivity contribution in [2.24, 2.45) is 11.8 Å². The smallest absolute Gasteiger partial charge is 0.413 e. The molecular formula is C46H48F2N10O8. The second-order valence-electron chi connectivity index (χ2n) is 16.6. The summed E-state index contributed by atoms with van der Waals surface area (Å²) in [7, 11) is 0. The lowest BCUT2D eigenvalue weighted by Gasteiger charge is -2.22. The Bertz CT molecular complexity index is 2700. The molecule has 10 rings (SSSR count). The van der Waals surface area contributed by atoms with Crippen molar-refractivity contribution >= 4 is 68.1 Å². The van der Waals surface area contributed by atoms with Crippen LogP contribution in [0.3, 0.4) is 0 Å². The zero-order chi connectivity index (χ0) is 46.2. The zero-order valence-corrected chi connectivity index (χ0v) is 36.6. The Morgan fingerprint density at radius 2 is 1.06 bits per heavy atom. The van der Waals surface area contributed by atoms with Crippen LogP contribution in [-0.2, 0) is 18.9 Å². The molecule has 0 unspecified atom stereocenters. The van der Waals surface area contributed by atoms with Gasteiger partial charge in [0.15, 0.2) is 11.6 Å². The van der Waals surface area contributed by atoms with E-state index in [1.54, 1.807) is 36.7 Å². The highest BCUT2D eigenvalue weighted by atomic mass is 19.1. The monoisotopic (exact) mass is 906 g/mol. The number of benzene rings is 2. The highest BCUT2D eigenvalue weighted by Gasteiger charge is 2.30. The van der Waals surface area contributed by atoms with Gasteiger partial charge in [-0.05, 0) is 60.0 Å². The summed E-state index contributed by atoms with van der Waals surface area (Å²) in [6.45, 7) is 11.8. The Balaban J connectivity index is 0.000000166. The summed E-state index contributed by atoms with van der Waals surface area (Å²) in [5, 5.41) is 13.9. The van der Waals surface area contributed by atoms with E-state index in [1.807, 2.05) is 27.7 Å². The molecule has 344 valence electrons. The molecule has 2 aromatic carbocycles. The van der Waals surface area contributed by atoms with Crippen molar-refractivity contribution in [2.45, 2.75) is 39.9 Å². The van der Waals surface area contributed by atoms with Crippen LogP contribution in [0, 0.1) is 37.3 Å². The van der Waals surface area contributed by atoms with Gasteiger partial charge in [0.1, 0.15) is 48.4 Å². The van der Waals surface area contributed by atoms with Gasteiger partial charge in [0.25, 0.3) is 0 Å². The molecule has 0 saturated carbocycles. The molecule has 4 aromatic heterocycles. The predicted molar refractivity (Wildman–Crippen MR) is 244 cm³/mol. The number of nitrogens with two attached hydrogens (primary N) is 2. The minimum atomic E-state index is -0.625. The van der Waals surface area contributed by atoms with Gasteiger partial charge in [-0.3, -0.25) is 10.6 Å². The Morgan fingerprint density at radius 3 is 1.45 bits per heavy atom. The summed E-state index contributed by atoms with van der Waals surface area (Å²) >= 11 is 0. The van der Waals surface area contributed by atoms with Crippen LogP contribution in [-0.4, -0.2) is 97.1 Å². The number of nitrogen functional groups attached to an aromatic ring is 2. The second kappa shape index (κ2) is 18.3. The van der Waals surface area contributed by atoms with E-state index in [0.717, 1.165) is 22.5 Å². The molecule has 0 bridgehead atoms. The highest BCUT2D eigenvalue weighted by Crippen LogP contribution is 2.41. The Morgan fingerprint density at radius 1 is 0.636 bits per heavy atom. The SMILES string of the molecule is Cc1c(-c2cc3cc(NC(=O)O[C@@H]4COC[C@H]4C)ncc3c(N)c2F)cnc2c1NCCO2.Cc1c(-c2cc3cc(NC(=O)O[C@H]4COC[C@@H]4C)ncc3c(N)c2F)cnc2c1NCCO2. The molecule has 2 amide bonds. The zero-order valence-electron chi connectivity index (χ0n) is 36.6. The molecule has 66 heavy (non-hydrogen) atoms. The number of halogens is 2. The quantitative estimate of drug-likeness (QED) is 0.0891. The third kappa shape index (κ3) is 8.63. The van der Waals surface area contributed by atoms with E-state index in [9.17, 15) is 9.59 Å². The summed E-state index contributed by atoms with van der Waals surface area (Å²) in [5.74, 6) is 0.666. The van der Waals surface area contributed by atoms with E-state index in [2.05, 4.69) is 41.2 Å². The number of nitrogens with one attached hydrogen (secondary N) is 4. The lowest BCUT2D eigenvalue weighted by atomic mass is 9.97. The van der Waals surface area contributed by atoms with Gasteiger partial charge in [0, 0.05) is 82.7 Å². The average Bonchev–Trinajstić information content (AvgIpc) is 3.92. The second-order valence-corrected chi connectivity index (χ2v) is 16.6. The van der Waals surface area contributed by atoms with Crippen LogP contribution < -0.4 is 42.2 Å². The third-order valence-corrected chi connectivity index (χ3v) is 12.0. The molecule has 6 aromatic rings. The maximum Gasteiger partial charge on any atom is 0.413 e. The number of hydrogen-bond acceptors (Lipinski definition) is 16. The molecule has 8 heterocycles. The van der Waals surface area contributed by atoms with Gasteiger partial charge in [0.05, 0.1) is 37.8 Å². The van der Waals surface area contributed by atoms with Gasteiger partial charge in [-0.15, -0.1) is 0 Å². The van der Waals surface area contributed by atoms with Gasteiger partial charge in [0.2, 0.25) is 11.8 Å². The number of aromatic nitrogens is 4. The number of carbonyl (C=O) groups is 2. The first-order chi connectivity index (χ1) is 31.8. The minimum absolute atomic E-state index is 0.0256. The first kappa shape index (κ1) is 43.9. The molecule has 4 aliphatic heterocycles. The van der Waals surface area contributed by atoms with Gasteiger partial charge in [-0.1, -0.05) is 13.8 Å². The number of carbonyl (C=O) groups excluding carboxylic acids is 2. The minimum Gasteiger partial charge on any atom is -0.474 e. The average molecular weight is 907 g/mol. The summed E-state index contributed by atoms with van der Waals surface area (Å²) < 4.78 is 63.1. The number of amides is 2. The standard InChI is InChI=1S/2C23H24FN5O4/c2*1-11-9-31-10-17(11)33-23(30)29-18-6-13-5-14(19(24)20(25)16(13)8-27-18)15-7-28-22-21(12(15)2)26-3-4-32-22/h2*5-8,11,17,26H,3-4,9-10,25H2,1-2H3,(H,27,29,30)/t2*11-,17-/m10/s1. The lowest BCUT2D eigenvalue weighted by Crippen LogP contribution is -2.27. The maximum absolute atomic E-state index is 15.3. The molecular weight excluding hydrogens is 859 g/mol. The van der Waals surface area contributed by atoms with Crippen LogP contribution in [0.15, 0.2) is 49.1 Å². The molecule has 8 N–H and O–H groups in total. The largest absolute Gasteiger partial charge is 0.474 e. The van der Waals surface area contributed by atoms with E-state index in [4.69, 9.17) is 39.9 Å². The normalized spacial score (nSPS) is 19.5. The van der Waals surface area contributed by atoms with E-state index >= 15 is 8.78 Å². The number of fused-ring (bicyclic) bond motifs is 4. The van der Waals surface area contributed by atoms with Crippen molar-refractivity contribution in [3.8, 4) is 34.0 Å². The fourth-order valence-corrected chi connectivity index (χ4v) is 8.24. The van der Waals surface area contributed by atoms with E-state index in [1.165, 1.54) is 12.4 Å². The number of hydrogen-bond donors (Lipinski definition) is 6. The number of rotatable bonds is 6. The van der Waals surface area contributed by atoms with Crippen molar-refractivity contribution < 1.29 is 46.8 Å². The van der Waals surface area contributed by atoms with Crippen molar-refractivity contribution in [3.05, 3.63) is 71.8 Å². The van der Waals surface area contributed by atoms with Crippen LogP contribution in [0.2, 0.25) is 0 Å². The fourth-order valence-electron chi connectivity index (χ4n) is 8.24. The molecule has 18 nitrogen and oxygen atoms in total. The van der Waals surface area contributed by atoms with Crippen molar-refractivity contribution in [1.29, 1.82) is 0 Å². The first-order valence-electron chi connectivity index (χ1n) is 21.4.